The van der Waals surface area contributed by atoms with E-state index in [1.807, 2.05) is 36.0 Å². The van der Waals surface area contributed by atoms with Gasteiger partial charge in [0, 0.05) is 31.4 Å². The van der Waals surface area contributed by atoms with E-state index in [-0.39, 0.29) is 0 Å². The monoisotopic (exact) mass is 343 g/mol. The van der Waals surface area contributed by atoms with Crippen molar-refractivity contribution in [1.29, 1.82) is 0 Å². The minimum absolute atomic E-state index is 0.587. The second-order valence-corrected chi connectivity index (χ2v) is 5.80. The zero-order valence-corrected chi connectivity index (χ0v) is 15.5. The number of aromatic nitrogens is 2. The number of hydrogen-bond donors (Lipinski definition) is 2. The lowest BCUT2D eigenvalue weighted by Crippen LogP contribution is -2.38. The number of rotatable bonds is 9. The molecule has 6 heteroatoms. The van der Waals surface area contributed by atoms with Crippen LogP contribution < -0.4 is 15.4 Å². The maximum atomic E-state index is 5.66. The summed E-state index contributed by atoms with van der Waals surface area (Å²) in [5.74, 6) is 1.73. The Labute approximate surface area is 150 Å². The Bertz CT molecular complexity index is 665. The molecule has 0 aliphatic carbocycles. The van der Waals surface area contributed by atoms with Gasteiger partial charge in [0.2, 0.25) is 0 Å². The molecule has 0 amide bonds. The third kappa shape index (κ3) is 6.49. The molecule has 0 aliphatic heterocycles. The minimum Gasteiger partial charge on any atom is -0.494 e. The van der Waals surface area contributed by atoms with E-state index in [1.165, 1.54) is 5.56 Å². The Morgan fingerprint density at radius 1 is 1.24 bits per heavy atom. The van der Waals surface area contributed by atoms with Gasteiger partial charge >= 0.3 is 0 Å². The molecule has 0 atom stereocenters. The third-order valence-electron chi connectivity index (χ3n) is 3.64. The van der Waals surface area contributed by atoms with Crippen LogP contribution in [0.1, 0.15) is 31.4 Å². The molecule has 0 fully saturated rings. The van der Waals surface area contributed by atoms with Crippen molar-refractivity contribution >= 4 is 5.96 Å². The van der Waals surface area contributed by atoms with Crippen molar-refractivity contribution in [1.82, 2.24) is 20.4 Å². The van der Waals surface area contributed by atoms with Crippen molar-refractivity contribution in [2.45, 2.75) is 40.3 Å². The van der Waals surface area contributed by atoms with Crippen LogP contribution in [0.3, 0.4) is 0 Å². The fraction of sp³-hybridized carbons (Fsp3) is 0.474. The Hall–Kier alpha value is -2.50. The first kappa shape index (κ1) is 18.8. The van der Waals surface area contributed by atoms with Crippen molar-refractivity contribution in [3.8, 4) is 5.75 Å². The second-order valence-electron chi connectivity index (χ2n) is 5.80. The highest BCUT2D eigenvalue weighted by Crippen LogP contribution is 2.18. The van der Waals surface area contributed by atoms with Gasteiger partial charge in [-0.15, -0.1) is 0 Å². The zero-order chi connectivity index (χ0) is 17.9. The van der Waals surface area contributed by atoms with Crippen molar-refractivity contribution in [2.75, 3.05) is 19.7 Å². The van der Waals surface area contributed by atoms with E-state index in [1.54, 1.807) is 0 Å². The number of aryl methyl sites for hydroxylation is 2. The molecule has 1 heterocycles. The number of para-hydroxylation sites is 1. The summed E-state index contributed by atoms with van der Waals surface area (Å²) in [5.41, 5.74) is 2.28. The maximum absolute atomic E-state index is 5.66. The Morgan fingerprint density at radius 3 is 2.80 bits per heavy atom. The molecule has 0 spiro atoms. The standard InChI is InChI=1S/C19H29N5O/c1-4-20-19(21-11-8-12-24-15-16(3)13-23-24)22-14-17-9-6-7-10-18(17)25-5-2/h6-7,9-10,13,15H,4-5,8,11-12,14H2,1-3H3,(H2,20,21,22). The van der Waals surface area contributed by atoms with Gasteiger partial charge in [-0.05, 0) is 38.8 Å². The largest absolute Gasteiger partial charge is 0.494 e. The average Bonchev–Trinajstić information content (AvgIpc) is 3.03. The van der Waals surface area contributed by atoms with Gasteiger partial charge in [0.1, 0.15) is 5.75 Å². The maximum Gasteiger partial charge on any atom is 0.191 e. The molecule has 0 saturated heterocycles. The number of aliphatic imine (C=N–C) groups is 1. The number of guanidine groups is 1. The molecular weight excluding hydrogens is 314 g/mol. The van der Waals surface area contributed by atoms with E-state index in [2.05, 4.69) is 46.8 Å². The molecule has 2 aromatic rings. The minimum atomic E-state index is 0.587. The number of hydrogen-bond acceptors (Lipinski definition) is 3. The van der Waals surface area contributed by atoms with E-state index in [0.717, 1.165) is 43.3 Å². The summed E-state index contributed by atoms with van der Waals surface area (Å²) >= 11 is 0. The first-order valence-electron chi connectivity index (χ1n) is 8.94. The lowest BCUT2D eigenvalue weighted by Gasteiger charge is -2.12. The van der Waals surface area contributed by atoms with E-state index in [9.17, 15) is 0 Å². The molecule has 0 saturated carbocycles. The van der Waals surface area contributed by atoms with Crippen LogP contribution in [0.15, 0.2) is 41.7 Å². The molecule has 0 bridgehead atoms. The molecule has 1 aromatic carbocycles. The predicted octanol–water partition coefficient (Wildman–Crippen LogP) is 2.74. The highest BCUT2D eigenvalue weighted by atomic mass is 16.5. The summed E-state index contributed by atoms with van der Waals surface area (Å²) < 4.78 is 7.63. The van der Waals surface area contributed by atoms with Crippen LogP contribution in [0.2, 0.25) is 0 Å². The van der Waals surface area contributed by atoms with Crippen LogP contribution in [0.5, 0.6) is 5.75 Å². The van der Waals surface area contributed by atoms with Gasteiger partial charge in [-0.3, -0.25) is 4.68 Å². The summed E-state index contributed by atoms with van der Waals surface area (Å²) in [7, 11) is 0. The average molecular weight is 343 g/mol. The molecule has 2 rings (SSSR count). The van der Waals surface area contributed by atoms with E-state index < -0.39 is 0 Å². The SMILES string of the molecule is CCNC(=NCc1ccccc1OCC)NCCCn1cc(C)cn1. The topological polar surface area (TPSA) is 63.5 Å². The van der Waals surface area contributed by atoms with Crippen molar-refractivity contribution in [2.24, 2.45) is 4.99 Å². The normalized spacial score (nSPS) is 11.4. The summed E-state index contributed by atoms with van der Waals surface area (Å²) in [5, 5.41) is 11.0. The summed E-state index contributed by atoms with van der Waals surface area (Å²) in [4.78, 5) is 4.67. The van der Waals surface area contributed by atoms with E-state index in [4.69, 9.17) is 4.74 Å². The number of ether oxygens (including phenoxy) is 1. The fourth-order valence-corrected chi connectivity index (χ4v) is 2.47. The number of benzene rings is 1. The fourth-order valence-electron chi connectivity index (χ4n) is 2.47. The highest BCUT2D eigenvalue weighted by molar-refractivity contribution is 5.79. The van der Waals surface area contributed by atoms with E-state index >= 15 is 0 Å². The van der Waals surface area contributed by atoms with Gasteiger partial charge in [0.15, 0.2) is 5.96 Å². The van der Waals surface area contributed by atoms with Crippen LogP contribution >= 0.6 is 0 Å². The Morgan fingerprint density at radius 2 is 2.08 bits per heavy atom. The van der Waals surface area contributed by atoms with Crippen molar-refractivity contribution < 1.29 is 4.74 Å². The number of nitrogens with one attached hydrogen (secondary N) is 2. The first-order valence-corrected chi connectivity index (χ1v) is 8.94. The molecule has 0 aliphatic rings. The van der Waals surface area contributed by atoms with Gasteiger partial charge in [-0.1, -0.05) is 18.2 Å². The van der Waals surface area contributed by atoms with Gasteiger partial charge in [0.25, 0.3) is 0 Å². The third-order valence-corrected chi connectivity index (χ3v) is 3.64. The summed E-state index contributed by atoms with van der Waals surface area (Å²) in [6.45, 7) is 9.93. The molecule has 1 aromatic heterocycles. The van der Waals surface area contributed by atoms with Crippen LogP contribution in [0, 0.1) is 6.92 Å². The van der Waals surface area contributed by atoms with Crippen LogP contribution in [0.25, 0.3) is 0 Å². The van der Waals surface area contributed by atoms with Crippen LogP contribution in [0.4, 0.5) is 0 Å². The molecule has 6 nitrogen and oxygen atoms in total. The summed E-state index contributed by atoms with van der Waals surface area (Å²) in [6.07, 6.45) is 4.93. The summed E-state index contributed by atoms with van der Waals surface area (Å²) in [6, 6.07) is 8.04. The first-order chi connectivity index (χ1) is 12.2. The number of nitrogens with zero attached hydrogens (tertiary/aromatic N) is 3. The van der Waals surface area contributed by atoms with Gasteiger partial charge < -0.3 is 15.4 Å². The Balaban J connectivity index is 1.85. The van der Waals surface area contributed by atoms with Gasteiger partial charge in [-0.2, -0.15) is 5.10 Å². The molecule has 0 unspecified atom stereocenters. The molecule has 136 valence electrons. The molecule has 2 N–H and O–H groups in total. The molecule has 0 radical (unpaired) electrons. The van der Waals surface area contributed by atoms with Gasteiger partial charge in [-0.25, -0.2) is 4.99 Å². The molecule has 25 heavy (non-hydrogen) atoms. The lowest BCUT2D eigenvalue weighted by molar-refractivity contribution is 0.336. The second kappa shape index (κ2) is 10.4. The zero-order valence-electron chi connectivity index (χ0n) is 15.5. The molecular formula is C19H29N5O. The smallest absolute Gasteiger partial charge is 0.191 e. The van der Waals surface area contributed by atoms with Crippen LogP contribution in [-0.4, -0.2) is 35.4 Å². The van der Waals surface area contributed by atoms with Crippen molar-refractivity contribution in [3.05, 3.63) is 47.8 Å². The quantitative estimate of drug-likeness (QED) is 0.417. The lowest BCUT2D eigenvalue weighted by atomic mass is 10.2. The van der Waals surface area contributed by atoms with Crippen molar-refractivity contribution in [3.63, 3.8) is 0 Å². The highest BCUT2D eigenvalue weighted by Gasteiger charge is 2.03. The predicted molar refractivity (Wildman–Crippen MR) is 102 cm³/mol. The Kier molecular flexibility index (Phi) is 7.82. The van der Waals surface area contributed by atoms with Crippen LogP contribution in [-0.2, 0) is 13.1 Å². The van der Waals surface area contributed by atoms with E-state index in [0.29, 0.717) is 13.2 Å². The van der Waals surface area contributed by atoms with Gasteiger partial charge in [0.05, 0.1) is 19.3 Å².